The van der Waals surface area contributed by atoms with Crippen molar-refractivity contribution in [3.8, 4) is 11.5 Å². The van der Waals surface area contributed by atoms with Crippen LogP contribution in [0.2, 0.25) is 10.0 Å². The van der Waals surface area contributed by atoms with Crippen molar-refractivity contribution in [3.63, 3.8) is 0 Å². The summed E-state index contributed by atoms with van der Waals surface area (Å²) >= 11 is 12.1. The second-order valence-corrected chi connectivity index (χ2v) is 5.59. The SMILES string of the molecule is COc1cc(C(C)=O)ccc1OC(=O)Cc1c(Cl)cccc1Cl. The van der Waals surface area contributed by atoms with Crippen molar-refractivity contribution >= 4 is 35.0 Å². The van der Waals surface area contributed by atoms with Gasteiger partial charge in [-0.2, -0.15) is 0 Å². The molecule has 0 saturated carbocycles. The molecule has 6 heteroatoms. The Morgan fingerprint density at radius 1 is 1.04 bits per heavy atom. The summed E-state index contributed by atoms with van der Waals surface area (Å²) in [5.74, 6) is -0.111. The molecule has 0 N–H and O–H groups in total. The molecule has 0 atom stereocenters. The molecule has 2 aromatic rings. The zero-order chi connectivity index (χ0) is 17.0. The first-order valence-electron chi connectivity index (χ1n) is 6.75. The Morgan fingerprint density at radius 2 is 1.70 bits per heavy atom. The Morgan fingerprint density at radius 3 is 2.26 bits per heavy atom. The summed E-state index contributed by atoms with van der Waals surface area (Å²) in [6, 6.07) is 9.60. The molecular weight excluding hydrogens is 339 g/mol. The van der Waals surface area contributed by atoms with Crippen LogP contribution in [0.15, 0.2) is 36.4 Å². The van der Waals surface area contributed by atoms with Crippen LogP contribution < -0.4 is 9.47 Å². The summed E-state index contributed by atoms with van der Waals surface area (Å²) in [5, 5.41) is 0.793. The van der Waals surface area contributed by atoms with Gasteiger partial charge in [0.1, 0.15) is 0 Å². The smallest absolute Gasteiger partial charge is 0.315 e. The normalized spacial score (nSPS) is 10.3. The number of benzene rings is 2. The minimum atomic E-state index is -0.533. The van der Waals surface area contributed by atoms with E-state index in [1.807, 2.05) is 0 Å². The quantitative estimate of drug-likeness (QED) is 0.456. The summed E-state index contributed by atoms with van der Waals surface area (Å²) in [5.41, 5.74) is 0.968. The highest BCUT2D eigenvalue weighted by atomic mass is 35.5. The molecule has 0 amide bonds. The molecule has 4 nitrogen and oxygen atoms in total. The first-order valence-corrected chi connectivity index (χ1v) is 7.50. The van der Waals surface area contributed by atoms with E-state index in [1.165, 1.54) is 26.2 Å². The largest absolute Gasteiger partial charge is 0.493 e. The highest BCUT2D eigenvalue weighted by molar-refractivity contribution is 6.36. The fourth-order valence-electron chi connectivity index (χ4n) is 1.98. The van der Waals surface area contributed by atoms with E-state index in [0.29, 0.717) is 26.9 Å². The lowest BCUT2D eigenvalue weighted by Crippen LogP contribution is -2.12. The van der Waals surface area contributed by atoms with Gasteiger partial charge >= 0.3 is 5.97 Å². The third-order valence-electron chi connectivity index (χ3n) is 3.18. The summed E-state index contributed by atoms with van der Waals surface area (Å²) in [6.45, 7) is 1.44. The molecule has 2 aromatic carbocycles. The van der Waals surface area contributed by atoms with Gasteiger partial charge in [0.25, 0.3) is 0 Å². The van der Waals surface area contributed by atoms with E-state index in [9.17, 15) is 9.59 Å². The summed E-state index contributed by atoms with van der Waals surface area (Å²) < 4.78 is 10.4. The standard InChI is InChI=1S/C17H14Cl2O4/c1-10(20)11-6-7-15(16(8-11)22-2)23-17(21)9-12-13(18)4-3-5-14(12)19/h3-8H,9H2,1-2H3. The van der Waals surface area contributed by atoms with Crippen LogP contribution in [0, 0.1) is 0 Å². The molecular formula is C17H14Cl2O4. The number of methoxy groups -OCH3 is 1. The molecule has 0 aliphatic heterocycles. The van der Waals surface area contributed by atoms with E-state index in [-0.39, 0.29) is 18.0 Å². The van der Waals surface area contributed by atoms with Gasteiger partial charge in [0.05, 0.1) is 13.5 Å². The van der Waals surface area contributed by atoms with Crippen LogP contribution in [0.5, 0.6) is 11.5 Å². The van der Waals surface area contributed by atoms with Crippen molar-refractivity contribution in [3.05, 3.63) is 57.6 Å². The Balaban J connectivity index is 2.19. The van der Waals surface area contributed by atoms with Crippen LogP contribution >= 0.6 is 23.2 Å². The van der Waals surface area contributed by atoms with Crippen molar-refractivity contribution in [1.29, 1.82) is 0 Å². The van der Waals surface area contributed by atoms with E-state index in [4.69, 9.17) is 32.7 Å². The van der Waals surface area contributed by atoms with Crippen LogP contribution in [-0.2, 0) is 11.2 Å². The maximum absolute atomic E-state index is 12.1. The lowest BCUT2D eigenvalue weighted by Gasteiger charge is -2.11. The minimum absolute atomic E-state index is 0.0733. The zero-order valence-electron chi connectivity index (χ0n) is 12.6. The molecule has 0 fully saturated rings. The maximum Gasteiger partial charge on any atom is 0.315 e. The zero-order valence-corrected chi connectivity index (χ0v) is 14.1. The number of halogens is 2. The van der Waals surface area contributed by atoms with Gasteiger partial charge in [-0.3, -0.25) is 9.59 Å². The fraction of sp³-hybridized carbons (Fsp3) is 0.176. The molecule has 0 heterocycles. The fourth-order valence-corrected chi connectivity index (χ4v) is 2.51. The van der Waals surface area contributed by atoms with Crippen molar-refractivity contribution in [2.24, 2.45) is 0 Å². The summed E-state index contributed by atoms with van der Waals surface area (Å²) in [6.07, 6.45) is -0.0733. The third-order valence-corrected chi connectivity index (χ3v) is 3.88. The number of hydrogen-bond acceptors (Lipinski definition) is 4. The van der Waals surface area contributed by atoms with E-state index in [0.717, 1.165) is 0 Å². The van der Waals surface area contributed by atoms with Gasteiger partial charge in [0.2, 0.25) is 0 Å². The number of Topliss-reactive ketones (excluding diaryl/α,β-unsaturated/α-hetero) is 1. The Labute approximate surface area is 143 Å². The van der Waals surface area contributed by atoms with Crippen molar-refractivity contribution < 1.29 is 19.1 Å². The van der Waals surface area contributed by atoms with Crippen LogP contribution in [0.4, 0.5) is 0 Å². The average molecular weight is 353 g/mol. The van der Waals surface area contributed by atoms with Crippen LogP contribution in [0.3, 0.4) is 0 Å². The minimum Gasteiger partial charge on any atom is -0.493 e. The number of esters is 1. The molecule has 0 aliphatic carbocycles. The molecule has 2 rings (SSSR count). The monoisotopic (exact) mass is 352 g/mol. The van der Waals surface area contributed by atoms with E-state index < -0.39 is 5.97 Å². The molecule has 23 heavy (non-hydrogen) atoms. The van der Waals surface area contributed by atoms with E-state index >= 15 is 0 Å². The van der Waals surface area contributed by atoms with Gasteiger partial charge in [-0.1, -0.05) is 29.3 Å². The predicted molar refractivity (Wildman–Crippen MR) is 88.8 cm³/mol. The molecule has 0 saturated heterocycles. The van der Waals surface area contributed by atoms with Crippen LogP contribution in [0.1, 0.15) is 22.8 Å². The Hall–Kier alpha value is -2.04. The predicted octanol–water partition coefficient (Wildman–Crippen LogP) is 4.35. The van der Waals surface area contributed by atoms with Gasteiger partial charge in [0.15, 0.2) is 17.3 Å². The van der Waals surface area contributed by atoms with Crippen LogP contribution in [0.25, 0.3) is 0 Å². The summed E-state index contributed by atoms with van der Waals surface area (Å²) in [4.78, 5) is 23.5. The van der Waals surface area contributed by atoms with Gasteiger partial charge in [-0.15, -0.1) is 0 Å². The number of carbonyl (C=O) groups is 2. The molecule has 0 aliphatic rings. The number of hydrogen-bond donors (Lipinski definition) is 0. The Kier molecular flexibility index (Phi) is 5.64. The first-order chi connectivity index (χ1) is 10.9. The van der Waals surface area contributed by atoms with E-state index in [2.05, 4.69) is 0 Å². The van der Waals surface area contributed by atoms with Crippen molar-refractivity contribution in [1.82, 2.24) is 0 Å². The number of ketones is 1. The lowest BCUT2D eigenvalue weighted by molar-refractivity contribution is -0.133. The highest BCUT2D eigenvalue weighted by Crippen LogP contribution is 2.30. The first kappa shape index (κ1) is 17.3. The molecule has 0 bridgehead atoms. The van der Waals surface area contributed by atoms with Gasteiger partial charge < -0.3 is 9.47 Å². The molecule has 120 valence electrons. The second kappa shape index (κ2) is 7.49. The molecule has 0 unspecified atom stereocenters. The van der Waals surface area contributed by atoms with Gasteiger partial charge in [-0.05, 0) is 37.3 Å². The highest BCUT2D eigenvalue weighted by Gasteiger charge is 2.15. The average Bonchev–Trinajstić information content (AvgIpc) is 2.51. The maximum atomic E-state index is 12.1. The van der Waals surface area contributed by atoms with E-state index in [1.54, 1.807) is 24.3 Å². The van der Waals surface area contributed by atoms with Crippen molar-refractivity contribution in [2.45, 2.75) is 13.3 Å². The van der Waals surface area contributed by atoms with Crippen LogP contribution in [-0.4, -0.2) is 18.9 Å². The number of rotatable bonds is 5. The Bertz CT molecular complexity index is 736. The summed E-state index contributed by atoms with van der Waals surface area (Å²) in [7, 11) is 1.43. The molecule has 0 radical (unpaired) electrons. The number of carbonyl (C=O) groups excluding carboxylic acids is 2. The molecule has 0 aromatic heterocycles. The lowest BCUT2D eigenvalue weighted by atomic mass is 10.1. The third kappa shape index (κ3) is 4.24. The second-order valence-electron chi connectivity index (χ2n) is 4.77. The van der Waals surface area contributed by atoms with Gasteiger partial charge in [-0.25, -0.2) is 0 Å². The van der Waals surface area contributed by atoms with Crippen molar-refractivity contribution in [2.75, 3.05) is 7.11 Å². The molecule has 0 spiro atoms. The van der Waals surface area contributed by atoms with Gasteiger partial charge in [0, 0.05) is 21.2 Å². The topological polar surface area (TPSA) is 52.6 Å². The number of ether oxygens (including phenoxy) is 2.